The van der Waals surface area contributed by atoms with Crippen molar-refractivity contribution in [3.63, 3.8) is 0 Å². The van der Waals surface area contributed by atoms with Gasteiger partial charge in [-0.05, 0) is 31.6 Å². The van der Waals surface area contributed by atoms with E-state index < -0.39 is 15.1 Å². The Bertz CT molecular complexity index is 464. The third kappa shape index (κ3) is 1.95. The van der Waals surface area contributed by atoms with Crippen LogP contribution >= 0.6 is 0 Å². The van der Waals surface area contributed by atoms with Gasteiger partial charge in [-0.3, -0.25) is 4.79 Å². The number of hydrogen-bond donors (Lipinski definition) is 1. The van der Waals surface area contributed by atoms with E-state index in [1.807, 2.05) is 0 Å². The first-order chi connectivity index (χ1) is 8.42. The first kappa shape index (κ1) is 12.4. The van der Waals surface area contributed by atoms with E-state index in [0.717, 1.165) is 19.3 Å². The van der Waals surface area contributed by atoms with Crippen LogP contribution < -0.4 is 5.73 Å². The third-order valence-corrected chi connectivity index (χ3v) is 6.69. The molecule has 2 N–H and O–H groups in total. The number of carbonyl (C=O) groups is 1. The Labute approximate surface area is 108 Å². The minimum atomic E-state index is -3.22. The molecule has 0 aromatic rings. The zero-order valence-corrected chi connectivity index (χ0v) is 11.3. The quantitative estimate of drug-likeness (QED) is 0.761. The SMILES string of the molecule is NC1(C2CC2)CN(C(=O)C2CCCCS2(=O)=O)C1. The van der Waals surface area contributed by atoms with Gasteiger partial charge < -0.3 is 10.6 Å². The zero-order chi connectivity index (χ0) is 13.0. The van der Waals surface area contributed by atoms with Gasteiger partial charge in [0.1, 0.15) is 5.25 Å². The van der Waals surface area contributed by atoms with Gasteiger partial charge in [0.15, 0.2) is 9.84 Å². The first-order valence-electron chi connectivity index (χ1n) is 6.72. The van der Waals surface area contributed by atoms with E-state index in [0.29, 0.717) is 31.8 Å². The maximum atomic E-state index is 12.2. The third-order valence-electron chi connectivity index (χ3n) is 4.53. The number of rotatable bonds is 2. The number of nitrogens with zero attached hydrogens (tertiary/aromatic N) is 1. The Hall–Kier alpha value is -0.620. The topological polar surface area (TPSA) is 80.5 Å². The van der Waals surface area contributed by atoms with Crippen molar-refractivity contribution in [2.24, 2.45) is 11.7 Å². The van der Waals surface area contributed by atoms with Gasteiger partial charge in [-0.15, -0.1) is 0 Å². The summed E-state index contributed by atoms with van der Waals surface area (Å²) in [5, 5.41) is -0.796. The van der Waals surface area contributed by atoms with E-state index in [9.17, 15) is 13.2 Å². The summed E-state index contributed by atoms with van der Waals surface area (Å²) in [6, 6.07) is 0. The average molecular weight is 272 g/mol. The Morgan fingerprint density at radius 2 is 1.83 bits per heavy atom. The highest BCUT2D eigenvalue weighted by Gasteiger charge is 2.53. The minimum absolute atomic E-state index is 0.160. The summed E-state index contributed by atoms with van der Waals surface area (Å²) >= 11 is 0. The summed E-state index contributed by atoms with van der Waals surface area (Å²) in [5.41, 5.74) is 5.96. The van der Waals surface area contributed by atoms with Crippen molar-refractivity contribution in [1.82, 2.24) is 4.90 Å². The van der Waals surface area contributed by atoms with Crippen molar-refractivity contribution in [3.05, 3.63) is 0 Å². The summed E-state index contributed by atoms with van der Waals surface area (Å²) in [4.78, 5) is 13.9. The van der Waals surface area contributed by atoms with Gasteiger partial charge in [0.2, 0.25) is 5.91 Å². The number of sulfone groups is 1. The van der Waals surface area contributed by atoms with Gasteiger partial charge in [-0.25, -0.2) is 8.42 Å². The molecule has 2 saturated heterocycles. The molecule has 3 aliphatic rings. The number of nitrogens with two attached hydrogens (primary N) is 1. The van der Waals surface area contributed by atoms with Crippen molar-refractivity contribution in [1.29, 1.82) is 0 Å². The zero-order valence-electron chi connectivity index (χ0n) is 10.5. The van der Waals surface area contributed by atoms with Crippen molar-refractivity contribution < 1.29 is 13.2 Å². The molecular weight excluding hydrogens is 252 g/mol. The van der Waals surface area contributed by atoms with Crippen molar-refractivity contribution in [2.75, 3.05) is 18.8 Å². The molecule has 1 unspecified atom stereocenters. The van der Waals surface area contributed by atoms with E-state index >= 15 is 0 Å². The van der Waals surface area contributed by atoms with Crippen LogP contribution in [0, 0.1) is 5.92 Å². The molecule has 1 amide bonds. The fourth-order valence-electron chi connectivity index (χ4n) is 3.17. The smallest absolute Gasteiger partial charge is 0.241 e. The number of likely N-dealkylation sites (tertiary alicyclic amines) is 1. The molecule has 1 atom stereocenters. The fraction of sp³-hybridized carbons (Fsp3) is 0.917. The predicted octanol–water partition coefficient (Wildman–Crippen LogP) is -0.0966. The lowest BCUT2D eigenvalue weighted by molar-refractivity contribution is -0.139. The molecule has 18 heavy (non-hydrogen) atoms. The van der Waals surface area contributed by atoms with Gasteiger partial charge in [0, 0.05) is 13.1 Å². The highest BCUT2D eigenvalue weighted by atomic mass is 32.2. The van der Waals surface area contributed by atoms with Crippen LogP contribution in [-0.4, -0.2) is 48.9 Å². The first-order valence-corrected chi connectivity index (χ1v) is 8.43. The summed E-state index contributed by atoms with van der Waals surface area (Å²) in [6.45, 7) is 1.09. The van der Waals surface area contributed by atoms with Crippen LogP contribution in [0.4, 0.5) is 0 Å². The van der Waals surface area contributed by atoms with E-state index in [1.54, 1.807) is 4.90 Å². The molecular formula is C12H20N2O3S. The second-order valence-corrected chi connectivity index (χ2v) is 8.36. The monoisotopic (exact) mass is 272 g/mol. The molecule has 0 spiro atoms. The van der Waals surface area contributed by atoms with E-state index in [2.05, 4.69) is 0 Å². The number of hydrogen-bond acceptors (Lipinski definition) is 4. The summed E-state index contributed by atoms with van der Waals surface area (Å²) in [6.07, 6.45) is 4.31. The normalized spacial score (nSPS) is 33.8. The lowest BCUT2D eigenvalue weighted by Gasteiger charge is -2.49. The van der Waals surface area contributed by atoms with E-state index in [-0.39, 0.29) is 17.2 Å². The second kappa shape index (κ2) is 3.93. The molecule has 0 aromatic heterocycles. The van der Waals surface area contributed by atoms with Gasteiger partial charge in [0.25, 0.3) is 0 Å². The van der Waals surface area contributed by atoms with Crippen LogP contribution in [0.1, 0.15) is 32.1 Å². The fourth-order valence-corrected chi connectivity index (χ4v) is 5.05. The molecule has 1 saturated carbocycles. The molecule has 2 aliphatic heterocycles. The van der Waals surface area contributed by atoms with Crippen molar-refractivity contribution >= 4 is 15.7 Å². The van der Waals surface area contributed by atoms with Gasteiger partial charge >= 0.3 is 0 Å². The molecule has 1 aliphatic carbocycles. The Morgan fingerprint density at radius 3 is 2.39 bits per heavy atom. The van der Waals surface area contributed by atoms with Crippen LogP contribution in [0.3, 0.4) is 0 Å². The summed E-state index contributed by atoms with van der Waals surface area (Å²) in [7, 11) is -3.22. The number of carbonyl (C=O) groups excluding carboxylic acids is 1. The van der Waals surface area contributed by atoms with E-state index in [1.165, 1.54) is 0 Å². The molecule has 0 bridgehead atoms. The second-order valence-electron chi connectivity index (χ2n) is 6.05. The van der Waals surface area contributed by atoms with Crippen LogP contribution in [0.2, 0.25) is 0 Å². The predicted molar refractivity (Wildman–Crippen MR) is 67.6 cm³/mol. The Kier molecular flexibility index (Phi) is 2.71. The summed E-state index contributed by atoms with van der Waals surface area (Å²) < 4.78 is 23.8. The lowest BCUT2D eigenvalue weighted by atomic mass is 9.85. The van der Waals surface area contributed by atoms with Crippen LogP contribution in [-0.2, 0) is 14.6 Å². The van der Waals surface area contributed by atoms with Crippen LogP contribution in [0.25, 0.3) is 0 Å². The highest BCUT2D eigenvalue weighted by Crippen LogP contribution is 2.43. The van der Waals surface area contributed by atoms with E-state index in [4.69, 9.17) is 5.73 Å². The minimum Gasteiger partial charge on any atom is -0.338 e. The maximum absolute atomic E-state index is 12.2. The largest absolute Gasteiger partial charge is 0.338 e. The summed E-state index contributed by atoms with van der Waals surface area (Å²) in [5.74, 6) is 0.495. The highest BCUT2D eigenvalue weighted by molar-refractivity contribution is 7.92. The molecule has 0 aromatic carbocycles. The molecule has 0 radical (unpaired) electrons. The van der Waals surface area contributed by atoms with Gasteiger partial charge in [-0.1, -0.05) is 6.42 Å². The van der Waals surface area contributed by atoms with Crippen LogP contribution in [0.15, 0.2) is 0 Å². The molecule has 6 heteroatoms. The maximum Gasteiger partial charge on any atom is 0.241 e. The Balaban J connectivity index is 1.65. The number of amides is 1. The molecule has 3 rings (SSSR count). The average Bonchev–Trinajstić information content (AvgIpc) is 3.07. The van der Waals surface area contributed by atoms with Gasteiger partial charge in [0.05, 0.1) is 11.3 Å². The molecule has 3 fully saturated rings. The van der Waals surface area contributed by atoms with Crippen molar-refractivity contribution in [3.8, 4) is 0 Å². The lowest BCUT2D eigenvalue weighted by Crippen LogP contribution is -2.71. The van der Waals surface area contributed by atoms with Crippen molar-refractivity contribution in [2.45, 2.75) is 42.9 Å². The van der Waals surface area contributed by atoms with Gasteiger partial charge in [-0.2, -0.15) is 0 Å². The Morgan fingerprint density at radius 1 is 1.17 bits per heavy atom. The molecule has 5 nitrogen and oxygen atoms in total. The molecule has 2 heterocycles. The van der Waals surface area contributed by atoms with Crippen LogP contribution in [0.5, 0.6) is 0 Å². The molecule has 102 valence electrons. The standard InChI is InChI=1S/C12H20N2O3S/c13-12(9-4-5-9)7-14(8-12)11(15)10-3-1-2-6-18(10,16)17/h9-10H,1-8,13H2.